The van der Waals surface area contributed by atoms with E-state index in [1.165, 1.54) is 23.1 Å². The molecule has 1 aromatic rings. The Labute approximate surface area is 114 Å². The standard InChI is InChI=1S/C12H14N4O4/c13-9-7-8(1-2-10(9)16(19)20)12(18)15-5-3-11(17)14-4-6-15/h1-2,7H,3-6,13H2,(H,14,17). The molecule has 8 heteroatoms. The van der Waals surface area contributed by atoms with Crippen LogP contribution in [-0.2, 0) is 4.79 Å². The van der Waals surface area contributed by atoms with Crippen LogP contribution in [0.5, 0.6) is 0 Å². The number of nitrogens with zero attached hydrogens (tertiary/aromatic N) is 2. The zero-order valence-electron chi connectivity index (χ0n) is 10.7. The van der Waals surface area contributed by atoms with Gasteiger partial charge in [0, 0.05) is 37.7 Å². The van der Waals surface area contributed by atoms with Crippen LogP contribution < -0.4 is 11.1 Å². The van der Waals surface area contributed by atoms with Crippen LogP contribution in [0.3, 0.4) is 0 Å². The van der Waals surface area contributed by atoms with Crippen molar-refractivity contribution in [3.63, 3.8) is 0 Å². The minimum absolute atomic E-state index is 0.0510. The number of amides is 2. The summed E-state index contributed by atoms with van der Waals surface area (Å²) in [5.74, 6) is -0.383. The van der Waals surface area contributed by atoms with Crippen molar-refractivity contribution in [2.75, 3.05) is 25.4 Å². The number of benzene rings is 1. The molecule has 0 spiro atoms. The van der Waals surface area contributed by atoms with Gasteiger partial charge in [-0.25, -0.2) is 0 Å². The highest BCUT2D eigenvalue weighted by Crippen LogP contribution is 2.22. The highest BCUT2D eigenvalue weighted by molar-refractivity contribution is 5.96. The Kier molecular flexibility index (Phi) is 3.83. The molecule has 0 aromatic heterocycles. The second kappa shape index (κ2) is 5.55. The van der Waals surface area contributed by atoms with Gasteiger partial charge in [-0.3, -0.25) is 19.7 Å². The lowest BCUT2D eigenvalue weighted by Crippen LogP contribution is -2.34. The predicted octanol–water partition coefficient (Wildman–Crippen LogP) is 0.139. The summed E-state index contributed by atoms with van der Waals surface area (Å²) in [6.07, 6.45) is 0.244. The van der Waals surface area contributed by atoms with Crippen molar-refractivity contribution in [2.45, 2.75) is 6.42 Å². The summed E-state index contributed by atoms with van der Waals surface area (Å²) in [7, 11) is 0. The van der Waals surface area contributed by atoms with E-state index in [4.69, 9.17) is 5.73 Å². The maximum Gasteiger partial charge on any atom is 0.292 e. The fourth-order valence-corrected chi connectivity index (χ4v) is 2.01. The maximum atomic E-state index is 12.3. The molecular weight excluding hydrogens is 264 g/mol. The van der Waals surface area contributed by atoms with E-state index < -0.39 is 4.92 Å². The van der Waals surface area contributed by atoms with E-state index in [-0.39, 0.29) is 35.2 Å². The SMILES string of the molecule is Nc1cc(C(=O)N2CCNC(=O)CC2)ccc1[N+](=O)[O-]. The smallest absolute Gasteiger partial charge is 0.292 e. The molecule has 1 fully saturated rings. The van der Waals surface area contributed by atoms with E-state index in [1.807, 2.05) is 0 Å². The van der Waals surface area contributed by atoms with E-state index in [9.17, 15) is 19.7 Å². The first-order valence-electron chi connectivity index (χ1n) is 6.09. The van der Waals surface area contributed by atoms with Gasteiger partial charge < -0.3 is 16.0 Å². The second-order valence-corrected chi connectivity index (χ2v) is 4.42. The Morgan fingerprint density at radius 1 is 1.40 bits per heavy atom. The van der Waals surface area contributed by atoms with Crippen molar-refractivity contribution >= 4 is 23.2 Å². The highest BCUT2D eigenvalue weighted by atomic mass is 16.6. The average molecular weight is 278 g/mol. The number of carbonyl (C=O) groups excluding carboxylic acids is 2. The molecule has 0 aliphatic carbocycles. The van der Waals surface area contributed by atoms with Crippen molar-refractivity contribution in [3.8, 4) is 0 Å². The minimum atomic E-state index is -0.599. The van der Waals surface area contributed by atoms with Gasteiger partial charge in [-0.1, -0.05) is 0 Å². The predicted molar refractivity (Wildman–Crippen MR) is 71.0 cm³/mol. The van der Waals surface area contributed by atoms with Crippen molar-refractivity contribution in [2.24, 2.45) is 0 Å². The first kappa shape index (κ1) is 13.8. The zero-order valence-corrected chi connectivity index (χ0v) is 10.7. The van der Waals surface area contributed by atoms with Gasteiger partial charge in [0.1, 0.15) is 5.69 Å². The van der Waals surface area contributed by atoms with Gasteiger partial charge in [0.2, 0.25) is 5.91 Å². The first-order valence-corrected chi connectivity index (χ1v) is 6.09. The summed E-state index contributed by atoms with van der Waals surface area (Å²) in [5, 5.41) is 13.3. The molecule has 1 heterocycles. The van der Waals surface area contributed by atoms with E-state index in [0.717, 1.165) is 0 Å². The molecular formula is C12H14N4O4. The van der Waals surface area contributed by atoms with Gasteiger partial charge in [-0.15, -0.1) is 0 Å². The summed E-state index contributed by atoms with van der Waals surface area (Å²) in [6.45, 7) is 1.12. The number of rotatable bonds is 2. The van der Waals surface area contributed by atoms with Crippen molar-refractivity contribution in [1.82, 2.24) is 10.2 Å². The third kappa shape index (κ3) is 2.85. The Balaban J connectivity index is 2.18. The van der Waals surface area contributed by atoms with E-state index >= 15 is 0 Å². The molecule has 2 amide bonds. The van der Waals surface area contributed by atoms with Gasteiger partial charge in [0.25, 0.3) is 11.6 Å². The number of nitrogens with one attached hydrogen (secondary N) is 1. The molecule has 106 valence electrons. The largest absolute Gasteiger partial charge is 0.393 e. The van der Waals surface area contributed by atoms with Crippen LogP contribution in [0.1, 0.15) is 16.8 Å². The van der Waals surface area contributed by atoms with Gasteiger partial charge in [0.15, 0.2) is 0 Å². The second-order valence-electron chi connectivity index (χ2n) is 4.42. The van der Waals surface area contributed by atoms with Crippen molar-refractivity contribution < 1.29 is 14.5 Å². The van der Waals surface area contributed by atoms with Crippen LogP contribution in [0.4, 0.5) is 11.4 Å². The van der Waals surface area contributed by atoms with Crippen LogP contribution in [0.2, 0.25) is 0 Å². The molecule has 0 bridgehead atoms. The van der Waals surface area contributed by atoms with Gasteiger partial charge >= 0.3 is 0 Å². The molecule has 1 saturated heterocycles. The monoisotopic (exact) mass is 278 g/mol. The molecule has 0 unspecified atom stereocenters. The van der Waals surface area contributed by atoms with Gasteiger partial charge in [-0.05, 0) is 12.1 Å². The molecule has 0 saturated carbocycles. The summed E-state index contributed by atoms with van der Waals surface area (Å²) in [6, 6.07) is 3.88. The Hall–Kier alpha value is -2.64. The number of nitro benzene ring substituents is 1. The van der Waals surface area contributed by atoms with Gasteiger partial charge in [-0.2, -0.15) is 0 Å². The Bertz CT molecular complexity index is 573. The topological polar surface area (TPSA) is 119 Å². The van der Waals surface area contributed by atoms with Crippen LogP contribution in [0.25, 0.3) is 0 Å². The van der Waals surface area contributed by atoms with Gasteiger partial charge in [0.05, 0.1) is 4.92 Å². The number of carbonyl (C=O) groups is 2. The minimum Gasteiger partial charge on any atom is -0.393 e. The fraction of sp³-hybridized carbons (Fsp3) is 0.333. The molecule has 0 atom stereocenters. The van der Waals surface area contributed by atoms with Crippen LogP contribution in [0, 0.1) is 10.1 Å². The molecule has 2 rings (SSSR count). The first-order chi connectivity index (χ1) is 9.49. The number of hydrogen-bond donors (Lipinski definition) is 2. The molecule has 1 aromatic carbocycles. The van der Waals surface area contributed by atoms with Crippen molar-refractivity contribution in [1.29, 1.82) is 0 Å². The normalized spacial score (nSPS) is 15.4. The molecule has 1 aliphatic rings. The summed E-state index contributed by atoms with van der Waals surface area (Å²) < 4.78 is 0. The average Bonchev–Trinajstić information content (AvgIpc) is 2.62. The highest BCUT2D eigenvalue weighted by Gasteiger charge is 2.21. The van der Waals surface area contributed by atoms with Crippen LogP contribution in [-0.4, -0.2) is 41.3 Å². The number of nitro groups is 1. The number of nitrogen functional groups attached to an aromatic ring is 1. The maximum absolute atomic E-state index is 12.3. The summed E-state index contributed by atoms with van der Waals surface area (Å²) >= 11 is 0. The molecule has 0 radical (unpaired) electrons. The third-order valence-electron chi connectivity index (χ3n) is 3.07. The van der Waals surface area contributed by atoms with E-state index in [0.29, 0.717) is 19.6 Å². The summed E-state index contributed by atoms with van der Waals surface area (Å²) in [4.78, 5) is 35.1. The lowest BCUT2D eigenvalue weighted by molar-refractivity contribution is -0.383. The van der Waals surface area contributed by atoms with Crippen LogP contribution >= 0.6 is 0 Å². The Morgan fingerprint density at radius 2 is 2.15 bits per heavy atom. The molecule has 20 heavy (non-hydrogen) atoms. The number of anilines is 1. The van der Waals surface area contributed by atoms with E-state index in [2.05, 4.69) is 5.32 Å². The lowest BCUT2D eigenvalue weighted by atomic mass is 10.1. The number of nitrogens with two attached hydrogens (primary N) is 1. The number of hydrogen-bond acceptors (Lipinski definition) is 5. The lowest BCUT2D eigenvalue weighted by Gasteiger charge is -2.19. The van der Waals surface area contributed by atoms with Crippen molar-refractivity contribution in [3.05, 3.63) is 33.9 Å². The zero-order chi connectivity index (χ0) is 14.7. The quantitative estimate of drug-likeness (QED) is 0.453. The Morgan fingerprint density at radius 3 is 2.80 bits per heavy atom. The van der Waals surface area contributed by atoms with Crippen LogP contribution in [0.15, 0.2) is 18.2 Å². The third-order valence-corrected chi connectivity index (χ3v) is 3.07. The summed E-state index contributed by atoms with van der Waals surface area (Å²) in [5.41, 5.74) is 5.57. The molecule has 3 N–H and O–H groups in total. The van der Waals surface area contributed by atoms with E-state index in [1.54, 1.807) is 0 Å². The molecule has 8 nitrogen and oxygen atoms in total. The fourth-order valence-electron chi connectivity index (χ4n) is 2.01. The molecule has 1 aliphatic heterocycles.